The van der Waals surface area contributed by atoms with Gasteiger partial charge in [-0.15, -0.1) is 0 Å². The quantitative estimate of drug-likeness (QED) is 0.804. The van der Waals surface area contributed by atoms with E-state index in [1.165, 1.54) is 7.11 Å². The number of ether oxygens (including phenoxy) is 2. The van der Waals surface area contributed by atoms with Crippen molar-refractivity contribution < 1.29 is 14.3 Å². The van der Waals surface area contributed by atoms with Gasteiger partial charge in [0.05, 0.1) is 25.7 Å². The Kier molecular flexibility index (Phi) is 3.60. The van der Waals surface area contributed by atoms with Crippen LogP contribution in [0.1, 0.15) is 12.2 Å². The normalized spacial score (nSPS) is 17.1. The summed E-state index contributed by atoms with van der Waals surface area (Å²) in [6.45, 7) is 0.678. The molecule has 1 atom stereocenters. The summed E-state index contributed by atoms with van der Waals surface area (Å²) in [7, 11) is 3.05. The molecule has 1 aromatic carbocycles. The van der Waals surface area contributed by atoms with E-state index >= 15 is 0 Å². The van der Waals surface area contributed by atoms with Crippen LogP contribution in [0.2, 0.25) is 0 Å². The van der Waals surface area contributed by atoms with Crippen molar-refractivity contribution in [3.63, 3.8) is 0 Å². The number of rotatable bonds is 3. The lowest BCUT2D eigenvalue weighted by atomic mass is 9.98. The van der Waals surface area contributed by atoms with Crippen molar-refractivity contribution in [2.24, 2.45) is 5.92 Å². The first kappa shape index (κ1) is 13.6. The molecule has 1 aliphatic rings. The van der Waals surface area contributed by atoms with Crippen molar-refractivity contribution >= 4 is 5.97 Å². The van der Waals surface area contributed by atoms with Crippen LogP contribution in [-0.4, -0.2) is 35.0 Å². The van der Waals surface area contributed by atoms with E-state index in [0.29, 0.717) is 18.8 Å². The first-order valence-corrected chi connectivity index (χ1v) is 6.88. The largest absolute Gasteiger partial charge is 0.496 e. The lowest BCUT2D eigenvalue weighted by molar-refractivity contribution is -0.146. The third-order valence-corrected chi connectivity index (χ3v) is 3.75. The Balaban J connectivity index is 1.92. The van der Waals surface area contributed by atoms with Crippen LogP contribution in [0.4, 0.5) is 0 Å². The number of aryl methyl sites for hydroxylation is 1. The van der Waals surface area contributed by atoms with Gasteiger partial charge in [-0.2, -0.15) is 5.10 Å². The molecule has 0 saturated heterocycles. The maximum absolute atomic E-state index is 11.7. The van der Waals surface area contributed by atoms with Gasteiger partial charge in [0.15, 0.2) is 5.82 Å². The summed E-state index contributed by atoms with van der Waals surface area (Å²) in [6, 6.07) is 7.64. The van der Waals surface area contributed by atoms with Gasteiger partial charge in [0.2, 0.25) is 0 Å². The Morgan fingerprint density at radius 3 is 2.90 bits per heavy atom. The van der Waals surface area contributed by atoms with E-state index in [1.54, 1.807) is 7.11 Å². The van der Waals surface area contributed by atoms with Crippen LogP contribution < -0.4 is 4.74 Å². The topological polar surface area (TPSA) is 66.2 Å². The zero-order valence-corrected chi connectivity index (χ0v) is 12.1. The number of esters is 1. The first-order valence-electron chi connectivity index (χ1n) is 6.88. The van der Waals surface area contributed by atoms with Crippen LogP contribution in [-0.2, 0) is 22.5 Å². The number of aromatic nitrogens is 3. The van der Waals surface area contributed by atoms with Crippen molar-refractivity contribution in [3.8, 4) is 17.1 Å². The highest BCUT2D eigenvalue weighted by molar-refractivity contribution is 5.72. The summed E-state index contributed by atoms with van der Waals surface area (Å²) >= 11 is 0. The van der Waals surface area contributed by atoms with Crippen LogP contribution in [0, 0.1) is 5.92 Å². The van der Waals surface area contributed by atoms with E-state index in [0.717, 1.165) is 23.6 Å². The van der Waals surface area contributed by atoms with Gasteiger partial charge in [0, 0.05) is 13.0 Å². The van der Waals surface area contributed by atoms with Gasteiger partial charge in [-0.25, -0.2) is 9.67 Å². The van der Waals surface area contributed by atoms with Crippen LogP contribution >= 0.6 is 0 Å². The van der Waals surface area contributed by atoms with E-state index in [1.807, 2.05) is 28.9 Å². The van der Waals surface area contributed by atoms with Crippen LogP contribution in [0.5, 0.6) is 5.75 Å². The molecular formula is C15H17N3O3. The summed E-state index contributed by atoms with van der Waals surface area (Å²) in [5.74, 6) is 1.88. The van der Waals surface area contributed by atoms with Crippen molar-refractivity contribution in [3.05, 3.63) is 30.1 Å². The smallest absolute Gasteiger partial charge is 0.309 e. The maximum atomic E-state index is 11.7. The second-order valence-corrected chi connectivity index (χ2v) is 4.99. The minimum absolute atomic E-state index is 0.128. The Hall–Kier alpha value is -2.37. The number of benzene rings is 1. The molecule has 0 fully saturated rings. The van der Waals surface area contributed by atoms with Crippen molar-refractivity contribution in [2.45, 2.75) is 19.4 Å². The molecule has 6 heteroatoms. The van der Waals surface area contributed by atoms with Gasteiger partial charge in [-0.05, 0) is 18.6 Å². The first-order chi connectivity index (χ1) is 10.2. The highest BCUT2D eigenvalue weighted by Crippen LogP contribution is 2.29. The Labute approximate surface area is 122 Å². The van der Waals surface area contributed by atoms with Crippen LogP contribution in [0.15, 0.2) is 24.3 Å². The van der Waals surface area contributed by atoms with Crippen molar-refractivity contribution in [1.82, 2.24) is 14.8 Å². The van der Waals surface area contributed by atoms with Crippen molar-refractivity contribution in [2.75, 3.05) is 14.2 Å². The minimum atomic E-state index is -0.178. The summed E-state index contributed by atoms with van der Waals surface area (Å²) in [4.78, 5) is 16.2. The number of hydrogen-bond donors (Lipinski definition) is 0. The molecule has 0 N–H and O–H groups in total. The Morgan fingerprint density at radius 1 is 1.33 bits per heavy atom. The zero-order valence-electron chi connectivity index (χ0n) is 12.1. The number of hydrogen-bond acceptors (Lipinski definition) is 5. The molecule has 0 amide bonds. The van der Waals surface area contributed by atoms with E-state index in [4.69, 9.17) is 9.47 Å². The van der Waals surface area contributed by atoms with E-state index in [-0.39, 0.29) is 11.9 Å². The fraction of sp³-hybridized carbons (Fsp3) is 0.400. The molecule has 0 radical (unpaired) electrons. The zero-order chi connectivity index (χ0) is 14.8. The highest BCUT2D eigenvalue weighted by Gasteiger charge is 2.28. The Bertz CT molecular complexity index is 666. The highest BCUT2D eigenvalue weighted by atomic mass is 16.5. The van der Waals surface area contributed by atoms with Gasteiger partial charge < -0.3 is 9.47 Å². The molecule has 3 rings (SSSR count). The maximum Gasteiger partial charge on any atom is 0.309 e. The van der Waals surface area contributed by atoms with Crippen LogP contribution in [0.3, 0.4) is 0 Å². The molecule has 0 aliphatic carbocycles. The molecular weight excluding hydrogens is 270 g/mol. The average molecular weight is 287 g/mol. The summed E-state index contributed by atoms with van der Waals surface area (Å²) in [6.07, 6.45) is 1.29. The van der Waals surface area contributed by atoms with Gasteiger partial charge in [0.1, 0.15) is 11.6 Å². The Morgan fingerprint density at radius 2 is 2.14 bits per heavy atom. The van der Waals surface area contributed by atoms with Crippen LogP contribution in [0.25, 0.3) is 11.4 Å². The number of carbonyl (C=O) groups is 1. The molecule has 6 nitrogen and oxygen atoms in total. The lowest BCUT2D eigenvalue weighted by Gasteiger charge is -2.19. The molecule has 1 unspecified atom stereocenters. The van der Waals surface area contributed by atoms with Gasteiger partial charge in [0.25, 0.3) is 0 Å². The summed E-state index contributed by atoms with van der Waals surface area (Å²) in [5, 5.41) is 4.52. The molecule has 21 heavy (non-hydrogen) atoms. The molecule has 2 aromatic rings. The predicted molar refractivity (Wildman–Crippen MR) is 75.8 cm³/mol. The average Bonchev–Trinajstić information content (AvgIpc) is 2.96. The fourth-order valence-corrected chi connectivity index (χ4v) is 2.62. The third-order valence-electron chi connectivity index (χ3n) is 3.75. The summed E-state index contributed by atoms with van der Waals surface area (Å²) < 4.78 is 12.0. The summed E-state index contributed by atoms with van der Waals surface area (Å²) in [5.41, 5.74) is 0.858. The number of carbonyl (C=O) groups excluding carboxylic acids is 1. The molecule has 110 valence electrons. The van der Waals surface area contributed by atoms with Crippen molar-refractivity contribution in [1.29, 1.82) is 0 Å². The third kappa shape index (κ3) is 2.49. The van der Waals surface area contributed by atoms with Gasteiger partial charge in [-0.3, -0.25) is 4.79 Å². The molecule has 0 spiro atoms. The van der Waals surface area contributed by atoms with E-state index in [9.17, 15) is 4.79 Å². The standard InChI is InChI=1S/C15H17N3O3/c1-20-12-6-4-3-5-11(12)14-16-13-9-10(15(19)21-2)7-8-18(13)17-14/h3-6,10H,7-9H2,1-2H3. The molecule has 2 heterocycles. The number of nitrogens with zero attached hydrogens (tertiary/aromatic N) is 3. The monoisotopic (exact) mass is 287 g/mol. The molecule has 0 saturated carbocycles. The van der Waals surface area contributed by atoms with E-state index < -0.39 is 0 Å². The van der Waals surface area contributed by atoms with E-state index in [2.05, 4.69) is 10.1 Å². The van der Waals surface area contributed by atoms with Gasteiger partial charge in [-0.1, -0.05) is 12.1 Å². The second-order valence-electron chi connectivity index (χ2n) is 4.99. The molecule has 1 aromatic heterocycles. The lowest BCUT2D eigenvalue weighted by Crippen LogP contribution is -2.27. The van der Waals surface area contributed by atoms with Gasteiger partial charge >= 0.3 is 5.97 Å². The SMILES string of the molecule is COC(=O)C1CCn2nc(-c3ccccc3OC)nc2C1. The number of para-hydroxylation sites is 1. The molecule has 0 bridgehead atoms. The molecule has 1 aliphatic heterocycles. The number of fused-ring (bicyclic) bond motifs is 1. The second kappa shape index (κ2) is 5.55. The minimum Gasteiger partial charge on any atom is -0.496 e. The fourth-order valence-electron chi connectivity index (χ4n) is 2.62. The number of methoxy groups -OCH3 is 2. The predicted octanol–water partition coefficient (Wildman–Crippen LogP) is 1.69.